The molecule has 1 N–H and O–H groups in total. The fourth-order valence-electron chi connectivity index (χ4n) is 0.942. The summed E-state index contributed by atoms with van der Waals surface area (Å²) in [6.45, 7) is 2.91. The Bertz CT molecular complexity index is 365. The molecule has 0 aliphatic heterocycles. The van der Waals surface area contributed by atoms with Gasteiger partial charge in [0.05, 0.1) is 18.9 Å². The summed E-state index contributed by atoms with van der Waals surface area (Å²) in [5, 5.41) is 6.50. The van der Waals surface area contributed by atoms with Gasteiger partial charge in [-0.25, -0.2) is 0 Å². The summed E-state index contributed by atoms with van der Waals surface area (Å²) in [4.78, 5) is 11.1. The molecule has 0 aliphatic carbocycles. The van der Waals surface area contributed by atoms with E-state index >= 15 is 0 Å². The van der Waals surface area contributed by atoms with E-state index in [2.05, 4.69) is 16.3 Å². The molecular weight excluding hydrogens is 194 g/mol. The standard InChI is InChI=1S/C10H13N3O2/c1-3-5-11-10(14)8-15-9-6-12-13(4-2)7-9/h1,6-7H,4-5,8H2,2H3,(H,11,14). The third-order valence-corrected chi connectivity index (χ3v) is 1.69. The number of carbonyl (C=O) groups excluding carboxylic acids is 1. The Labute approximate surface area is 88.4 Å². The Morgan fingerprint density at radius 1 is 1.80 bits per heavy atom. The molecule has 1 heterocycles. The molecule has 5 heteroatoms. The number of ether oxygens (including phenoxy) is 1. The zero-order valence-electron chi connectivity index (χ0n) is 8.56. The van der Waals surface area contributed by atoms with E-state index in [1.165, 1.54) is 0 Å². The number of carbonyl (C=O) groups is 1. The van der Waals surface area contributed by atoms with E-state index in [9.17, 15) is 4.79 Å². The number of hydrogen-bond donors (Lipinski definition) is 1. The van der Waals surface area contributed by atoms with Crippen molar-refractivity contribution in [2.75, 3.05) is 13.2 Å². The summed E-state index contributed by atoms with van der Waals surface area (Å²) in [5.41, 5.74) is 0. The van der Waals surface area contributed by atoms with Gasteiger partial charge in [-0.05, 0) is 6.92 Å². The Kier molecular flexibility index (Phi) is 4.23. The van der Waals surface area contributed by atoms with Crippen LogP contribution in [0.4, 0.5) is 0 Å². The summed E-state index contributed by atoms with van der Waals surface area (Å²) in [6, 6.07) is 0. The van der Waals surface area contributed by atoms with Crippen molar-refractivity contribution in [3.63, 3.8) is 0 Å². The fraction of sp³-hybridized carbons (Fsp3) is 0.400. The maximum atomic E-state index is 11.1. The molecule has 0 atom stereocenters. The number of terminal acetylenes is 1. The minimum atomic E-state index is -0.239. The lowest BCUT2D eigenvalue weighted by molar-refractivity contribution is -0.122. The molecule has 0 spiro atoms. The van der Waals surface area contributed by atoms with Crippen LogP contribution < -0.4 is 10.1 Å². The highest BCUT2D eigenvalue weighted by atomic mass is 16.5. The normalized spacial score (nSPS) is 9.33. The lowest BCUT2D eigenvalue weighted by Crippen LogP contribution is -2.28. The second-order valence-electron chi connectivity index (χ2n) is 2.80. The highest BCUT2D eigenvalue weighted by Crippen LogP contribution is 2.07. The number of rotatable bonds is 5. The van der Waals surface area contributed by atoms with Gasteiger partial charge in [0.25, 0.3) is 5.91 Å². The van der Waals surface area contributed by atoms with Gasteiger partial charge in [0.15, 0.2) is 12.4 Å². The number of aromatic nitrogens is 2. The lowest BCUT2D eigenvalue weighted by Gasteiger charge is -2.02. The quantitative estimate of drug-likeness (QED) is 0.693. The second-order valence-corrected chi connectivity index (χ2v) is 2.80. The number of aryl methyl sites for hydroxylation is 1. The molecule has 0 saturated heterocycles. The van der Waals surface area contributed by atoms with Crippen LogP contribution in [0.25, 0.3) is 0 Å². The molecule has 80 valence electrons. The highest BCUT2D eigenvalue weighted by Gasteiger charge is 2.02. The van der Waals surface area contributed by atoms with Crippen molar-refractivity contribution in [1.82, 2.24) is 15.1 Å². The molecule has 0 bridgehead atoms. The van der Waals surface area contributed by atoms with E-state index in [1.807, 2.05) is 6.92 Å². The van der Waals surface area contributed by atoms with Crippen molar-refractivity contribution in [2.45, 2.75) is 13.5 Å². The van der Waals surface area contributed by atoms with Gasteiger partial charge in [-0.1, -0.05) is 5.92 Å². The van der Waals surface area contributed by atoms with Crippen LogP contribution in [-0.4, -0.2) is 28.8 Å². The minimum absolute atomic E-state index is 0.0446. The van der Waals surface area contributed by atoms with E-state index in [1.54, 1.807) is 17.1 Å². The molecule has 15 heavy (non-hydrogen) atoms. The summed E-state index contributed by atoms with van der Waals surface area (Å²) < 4.78 is 6.90. The van der Waals surface area contributed by atoms with E-state index < -0.39 is 0 Å². The van der Waals surface area contributed by atoms with Gasteiger partial charge in [0.2, 0.25) is 0 Å². The van der Waals surface area contributed by atoms with Crippen molar-refractivity contribution in [2.24, 2.45) is 0 Å². The molecule has 1 rings (SSSR count). The lowest BCUT2D eigenvalue weighted by atomic mass is 10.5. The van der Waals surface area contributed by atoms with Crippen LogP contribution in [0, 0.1) is 12.3 Å². The molecule has 1 amide bonds. The average Bonchev–Trinajstić information content (AvgIpc) is 2.71. The third kappa shape index (κ3) is 3.73. The van der Waals surface area contributed by atoms with Crippen LogP contribution in [0.3, 0.4) is 0 Å². The van der Waals surface area contributed by atoms with Crippen molar-refractivity contribution in [3.05, 3.63) is 12.4 Å². The van der Waals surface area contributed by atoms with Crippen molar-refractivity contribution < 1.29 is 9.53 Å². The van der Waals surface area contributed by atoms with E-state index in [4.69, 9.17) is 11.2 Å². The van der Waals surface area contributed by atoms with Gasteiger partial charge in [0, 0.05) is 6.54 Å². The van der Waals surface area contributed by atoms with Crippen LogP contribution in [0.5, 0.6) is 5.75 Å². The minimum Gasteiger partial charge on any atom is -0.480 e. The van der Waals surface area contributed by atoms with Gasteiger partial charge in [-0.3, -0.25) is 9.48 Å². The monoisotopic (exact) mass is 207 g/mol. The predicted molar refractivity (Wildman–Crippen MR) is 55.2 cm³/mol. The topological polar surface area (TPSA) is 56.1 Å². The molecular formula is C10H13N3O2. The van der Waals surface area contributed by atoms with Gasteiger partial charge in [-0.15, -0.1) is 6.42 Å². The van der Waals surface area contributed by atoms with Gasteiger partial charge in [-0.2, -0.15) is 5.10 Å². The first-order valence-corrected chi connectivity index (χ1v) is 4.61. The highest BCUT2D eigenvalue weighted by molar-refractivity contribution is 5.77. The van der Waals surface area contributed by atoms with E-state index in [0.29, 0.717) is 5.75 Å². The first kappa shape index (κ1) is 11.1. The molecule has 0 saturated carbocycles. The van der Waals surface area contributed by atoms with Crippen LogP contribution in [0.2, 0.25) is 0 Å². The zero-order chi connectivity index (χ0) is 11.1. The number of hydrogen-bond acceptors (Lipinski definition) is 3. The molecule has 0 aliphatic rings. The maximum Gasteiger partial charge on any atom is 0.258 e. The van der Waals surface area contributed by atoms with Gasteiger partial charge >= 0.3 is 0 Å². The van der Waals surface area contributed by atoms with Crippen LogP contribution in [0.15, 0.2) is 12.4 Å². The van der Waals surface area contributed by atoms with Crippen LogP contribution in [0.1, 0.15) is 6.92 Å². The second kappa shape index (κ2) is 5.70. The van der Waals surface area contributed by atoms with Crippen molar-refractivity contribution >= 4 is 5.91 Å². The molecule has 0 unspecified atom stereocenters. The molecule has 1 aromatic heterocycles. The number of amides is 1. The Morgan fingerprint density at radius 3 is 3.20 bits per heavy atom. The van der Waals surface area contributed by atoms with Gasteiger partial charge < -0.3 is 10.1 Å². The Balaban J connectivity index is 2.31. The van der Waals surface area contributed by atoms with Gasteiger partial charge in [0.1, 0.15) is 0 Å². The summed E-state index contributed by atoms with van der Waals surface area (Å²) in [6.07, 6.45) is 8.28. The summed E-state index contributed by atoms with van der Waals surface area (Å²) in [7, 11) is 0. The van der Waals surface area contributed by atoms with Crippen LogP contribution >= 0.6 is 0 Å². The Morgan fingerprint density at radius 2 is 2.60 bits per heavy atom. The molecule has 5 nitrogen and oxygen atoms in total. The van der Waals surface area contributed by atoms with Crippen molar-refractivity contribution in [1.29, 1.82) is 0 Å². The van der Waals surface area contributed by atoms with E-state index in [-0.39, 0.29) is 19.1 Å². The summed E-state index contributed by atoms with van der Waals surface area (Å²) in [5.74, 6) is 2.64. The largest absolute Gasteiger partial charge is 0.480 e. The third-order valence-electron chi connectivity index (χ3n) is 1.69. The maximum absolute atomic E-state index is 11.1. The first-order chi connectivity index (χ1) is 7.26. The predicted octanol–water partition coefficient (Wildman–Crippen LogP) is 0.0312. The smallest absolute Gasteiger partial charge is 0.258 e. The first-order valence-electron chi connectivity index (χ1n) is 4.61. The van der Waals surface area contributed by atoms with E-state index in [0.717, 1.165) is 6.54 Å². The summed E-state index contributed by atoms with van der Waals surface area (Å²) >= 11 is 0. The van der Waals surface area contributed by atoms with Crippen molar-refractivity contribution in [3.8, 4) is 18.1 Å². The molecule has 1 aromatic rings. The Hall–Kier alpha value is -1.96. The van der Waals surface area contributed by atoms with Crippen LogP contribution in [-0.2, 0) is 11.3 Å². The average molecular weight is 207 g/mol. The number of nitrogens with one attached hydrogen (secondary N) is 1. The zero-order valence-corrected chi connectivity index (χ0v) is 8.56. The molecule has 0 aromatic carbocycles. The SMILES string of the molecule is C#CCNC(=O)COc1cnn(CC)c1. The number of nitrogens with zero attached hydrogens (tertiary/aromatic N) is 2. The molecule has 0 fully saturated rings. The fourth-order valence-corrected chi connectivity index (χ4v) is 0.942. The molecule has 0 radical (unpaired) electrons.